The lowest BCUT2D eigenvalue weighted by atomic mass is 10.1. The number of nitriles is 2. The number of hydrazone groups is 1. The number of aromatic carboxylic acids is 1. The van der Waals surface area contributed by atoms with Crippen LogP contribution in [0.15, 0.2) is 20.1 Å². The van der Waals surface area contributed by atoms with E-state index in [1.54, 1.807) is 0 Å². The number of hydrogen-bond acceptors (Lipinski definition) is 5. The molecule has 1 aromatic rings. The van der Waals surface area contributed by atoms with Crippen molar-refractivity contribution in [1.82, 2.24) is 0 Å². The Morgan fingerprint density at radius 1 is 1.37 bits per heavy atom. The standard InChI is InChI=1S/C10H3Br2FN4O2/c11-5-1-6(12)9(7(8(5)13)10(18)19)17-16-4(2-14)3-15/h1,17H,(H,18,19). The Balaban J connectivity index is 3.41. The maximum Gasteiger partial charge on any atom is 0.340 e. The minimum atomic E-state index is -1.52. The summed E-state index contributed by atoms with van der Waals surface area (Å²) >= 11 is 5.91. The maximum atomic E-state index is 13.7. The molecule has 0 aliphatic heterocycles. The zero-order valence-corrected chi connectivity index (χ0v) is 12.1. The molecular formula is C10H3Br2FN4O2. The van der Waals surface area contributed by atoms with E-state index in [4.69, 9.17) is 15.6 Å². The molecule has 1 rings (SSSR count). The third-order valence-electron chi connectivity index (χ3n) is 1.88. The van der Waals surface area contributed by atoms with Crippen LogP contribution in [0.3, 0.4) is 0 Å². The lowest BCUT2D eigenvalue weighted by Crippen LogP contribution is -2.08. The van der Waals surface area contributed by atoms with Crippen LogP contribution in [0.2, 0.25) is 0 Å². The molecule has 6 nitrogen and oxygen atoms in total. The highest BCUT2D eigenvalue weighted by molar-refractivity contribution is 9.11. The number of rotatable bonds is 3. The molecule has 0 saturated carbocycles. The highest BCUT2D eigenvalue weighted by Crippen LogP contribution is 2.33. The van der Waals surface area contributed by atoms with Gasteiger partial charge in [0.05, 0.1) is 10.2 Å². The van der Waals surface area contributed by atoms with E-state index in [0.29, 0.717) is 0 Å². The molecule has 9 heteroatoms. The van der Waals surface area contributed by atoms with Crippen LogP contribution >= 0.6 is 31.9 Å². The average molecular weight is 390 g/mol. The summed E-state index contributed by atoms with van der Waals surface area (Å²) in [5.41, 5.74) is 0.801. The van der Waals surface area contributed by atoms with E-state index in [0.717, 1.165) is 0 Å². The summed E-state index contributed by atoms with van der Waals surface area (Å²) in [6, 6.07) is 4.23. The van der Waals surface area contributed by atoms with Crippen LogP contribution in [-0.2, 0) is 0 Å². The van der Waals surface area contributed by atoms with Crippen molar-refractivity contribution in [3.05, 3.63) is 26.4 Å². The van der Waals surface area contributed by atoms with Crippen molar-refractivity contribution in [3.8, 4) is 12.1 Å². The number of carbonyl (C=O) groups is 1. The number of anilines is 1. The van der Waals surface area contributed by atoms with E-state index in [-0.39, 0.29) is 14.6 Å². The van der Waals surface area contributed by atoms with Gasteiger partial charge in [-0.3, -0.25) is 5.43 Å². The Hall–Kier alpha value is -1.97. The van der Waals surface area contributed by atoms with E-state index in [9.17, 15) is 9.18 Å². The van der Waals surface area contributed by atoms with E-state index < -0.39 is 23.1 Å². The fraction of sp³-hybridized carbons (Fsp3) is 0. The molecule has 96 valence electrons. The summed E-state index contributed by atoms with van der Waals surface area (Å²) in [4.78, 5) is 11.0. The van der Waals surface area contributed by atoms with E-state index >= 15 is 0 Å². The van der Waals surface area contributed by atoms with Gasteiger partial charge < -0.3 is 5.11 Å². The molecule has 0 aromatic heterocycles. The Morgan fingerprint density at radius 3 is 2.42 bits per heavy atom. The molecule has 0 atom stereocenters. The first kappa shape index (κ1) is 15.1. The lowest BCUT2D eigenvalue weighted by molar-refractivity contribution is 0.0692. The molecule has 1 aromatic carbocycles. The SMILES string of the molecule is N#CC(C#N)=NNc1c(Br)cc(Br)c(F)c1C(=O)O. The van der Waals surface area contributed by atoms with Crippen LogP contribution in [0, 0.1) is 28.5 Å². The summed E-state index contributed by atoms with van der Waals surface area (Å²) in [5, 5.41) is 29.3. The molecule has 0 aliphatic rings. The van der Waals surface area contributed by atoms with E-state index in [1.807, 2.05) is 0 Å². The van der Waals surface area contributed by atoms with Crippen molar-refractivity contribution >= 4 is 49.2 Å². The van der Waals surface area contributed by atoms with Crippen molar-refractivity contribution < 1.29 is 14.3 Å². The first-order valence-corrected chi connectivity index (χ1v) is 6.05. The number of carboxylic acids is 1. The van der Waals surface area contributed by atoms with E-state index in [2.05, 4.69) is 42.4 Å². The summed E-state index contributed by atoms with van der Waals surface area (Å²) in [6.45, 7) is 0. The highest BCUT2D eigenvalue weighted by Gasteiger charge is 2.21. The predicted octanol–water partition coefficient (Wildman–Crippen LogP) is 2.86. The number of hydrogen-bond donors (Lipinski definition) is 2. The topological polar surface area (TPSA) is 109 Å². The summed E-state index contributed by atoms with van der Waals surface area (Å²) < 4.78 is 13.9. The lowest BCUT2D eigenvalue weighted by Gasteiger charge is -2.10. The minimum absolute atomic E-state index is 0.0490. The van der Waals surface area contributed by atoms with Gasteiger partial charge in [0.2, 0.25) is 5.71 Å². The Kier molecular flexibility index (Phi) is 4.98. The monoisotopic (exact) mass is 388 g/mol. The normalized spacial score (nSPS) is 9.11. The maximum absolute atomic E-state index is 13.7. The first-order valence-electron chi connectivity index (χ1n) is 4.47. The van der Waals surface area contributed by atoms with Crippen molar-refractivity contribution in [1.29, 1.82) is 10.5 Å². The Morgan fingerprint density at radius 2 is 1.95 bits per heavy atom. The van der Waals surface area contributed by atoms with Crippen LogP contribution < -0.4 is 5.43 Å². The number of nitrogens with zero attached hydrogens (tertiary/aromatic N) is 3. The highest BCUT2D eigenvalue weighted by atomic mass is 79.9. The molecule has 0 heterocycles. The second-order valence-corrected chi connectivity index (χ2v) is 4.71. The number of nitrogens with one attached hydrogen (secondary N) is 1. The quantitative estimate of drug-likeness (QED) is 0.469. The van der Waals surface area contributed by atoms with Crippen LogP contribution in [0.1, 0.15) is 10.4 Å². The second-order valence-electron chi connectivity index (χ2n) is 3.01. The molecular weight excluding hydrogens is 387 g/mol. The van der Waals surface area contributed by atoms with Crippen LogP contribution in [0.4, 0.5) is 10.1 Å². The predicted molar refractivity (Wildman–Crippen MR) is 71.0 cm³/mol. The number of carboxylic acid groups (broad SMARTS) is 1. The number of halogens is 3. The molecule has 0 aliphatic carbocycles. The van der Waals surface area contributed by atoms with Gasteiger partial charge in [-0.2, -0.15) is 15.6 Å². The summed E-state index contributed by atoms with van der Waals surface area (Å²) in [6.07, 6.45) is 0. The van der Waals surface area contributed by atoms with Crippen LogP contribution in [0.5, 0.6) is 0 Å². The van der Waals surface area contributed by atoms with Crippen molar-refractivity contribution in [2.45, 2.75) is 0 Å². The smallest absolute Gasteiger partial charge is 0.340 e. The largest absolute Gasteiger partial charge is 0.478 e. The van der Waals surface area contributed by atoms with Gasteiger partial charge in [-0.15, -0.1) is 0 Å². The molecule has 0 fully saturated rings. The summed E-state index contributed by atoms with van der Waals surface area (Å²) in [7, 11) is 0. The zero-order valence-electron chi connectivity index (χ0n) is 8.91. The van der Waals surface area contributed by atoms with Gasteiger partial charge in [0.15, 0.2) is 5.82 Å². The molecule has 0 amide bonds. The van der Waals surface area contributed by atoms with Crippen molar-refractivity contribution in [2.24, 2.45) is 5.10 Å². The first-order chi connectivity index (χ1) is 8.92. The fourth-order valence-electron chi connectivity index (χ4n) is 1.09. The zero-order chi connectivity index (χ0) is 14.6. The molecule has 19 heavy (non-hydrogen) atoms. The fourth-order valence-corrected chi connectivity index (χ4v) is 2.34. The molecule has 0 bridgehead atoms. The van der Waals surface area contributed by atoms with Gasteiger partial charge in [0, 0.05) is 4.47 Å². The van der Waals surface area contributed by atoms with Gasteiger partial charge in [-0.25, -0.2) is 9.18 Å². The van der Waals surface area contributed by atoms with E-state index in [1.165, 1.54) is 18.2 Å². The van der Waals surface area contributed by atoms with Gasteiger partial charge in [0.1, 0.15) is 17.7 Å². The van der Waals surface area contributed by atoms with Crippen LogP contribution in [-0.4, -0.2) is 16.8 Å². The second kappa shape index (κ2) is 6.27. The summed E-state index contributed by atoms with van der Waals surface area (Å²) in [5.74, 6) is -2.52. The molecule has 0 radical (unpaired) electrons. The van der Waals surface area contributed by atoms with Crippen LogP contribution in [0.25, 0.3) is 0 Å². The van der Waals surface area contributed by atoms with Gasteiger partial charge >= 0.3 is 5.97 Å². The molecule has 0 spiro atoms. The van der Waals surface area contributed by atoms with Gasteiger partial charge in [-0.1, -0.05) is 0 Å². The third-order valence-corrected chi connectivity index (χ3v) is 3.08. The Bertz CT molecular complexity index is 645. The molecule has 2 N–H and O–H groups in total. The van der Waals surface area contributed by atoms with Gasteiger partial charge in [-0.05, 0) is 37.9 Å². The molecule has 0 saturated heterocycles. The average Bonchev–Trinajstić information content (AvgIpc) is 2.35. The Labute approximate surface area is 123 Å². The third kappa shape index (κ3) is 3.28. The molecule has 0 unspecified atom stereocenters. The number of benzene rings is 1. The minimum Gasteiger partial charge on any atom is -0.478 e. The van der Waals surface area contributed by atoms with Crippen molar-refractivity contribution in [3.63, 3.8) is 0 Å². The van der Waals surface area contributed by atoms with Gasteiger partial charge in [0.25, 0.3) is 0 Å². The van der Waals surface area contributed by atoms with Crippen molar-refractivity contribution in [2.75, 3.05) is 5.43 Å².